The number of ether oxygens (including phenoxy) is 1. The quantitative estimate of drug-likeness (QED) is 0.673. The third-order valence-electron chi connectivity index (χ3n) is 3.19. The lowest BCUT2D eigenvalue weighted by atomic mass is 10.3. The Morgan fingerprint density at radius 3 is 2.65 bits per heavy atom. The molecule has 20 heavy (non-hydrogen) atoms. The zero-order valence-corrected chi connectivity index (χ0v) is 14.0. The Morgan fingerprint density at radius 2 is 2.05 bits per heavy atom. The van der Waals surface area contributed by atoms with Gasteiger partial charge in [-0.15, -0.1) is 0 Å². The van der Waals surface area contributed by atoms with E-state index in [-0.39, 0.29) is 0 Å². The fourth-order valence-corrected chi connectivity index (χ4v) is 2.40. The molecule has 0 fully saturated rings. The molecule has 0 aliphatic rings. The average Bonchev–Trinajstić information content (AvgIpc) is 2.73. The fourth-order valence-electron chi connectivity index (χ4n) is 2.06. The van der Waals surface area contributed by atoms with Gasteiger partial charge in [-0.2, -0.15) is 5.10 Å². The molecule has 5 heteroatoms. The molecule has 0 saturated carbocycles. The molecule has 1 N–H and O–H groups in total. The SMILES string of the molecule is CCc1nn(CC)c(CNCCCCOC(C)C)c1Cl. The molecule has 0 amide bonds. The van der Waals surface area contributed by atoms with Crippen molar-refractivity contribution in [1.82, 2.24) is 15.1 Å². The second kappa shape index (κ2) is 9.37. The van der Waals surface area contributed by atoms with Gasteiger partial charge in [0.15, 0.2) is 0 Å². The maximum atomic E-state index is 6.36. The van der Waals surface area contributed by atoms with Gasteiger partial charge in [0.1, 0.15) is 0 Å². The molecule has 0 atom stereocenters. The number of hydrogen-bond acceptors (Lipinski definition) is 3. The number of nitrogens with zero attached hydrogens (tertiary/aromatic N) is 2. The van der Waals surface area contributed by atoms with E-state index in [4.69, 9.17) is 16.3 Å². The second-order valence-electron chi connectivity index (χ2n) is 5.18. The van der Waals surface area contributed by atoms with Crippen molar-refractivity contribution in [3.63, 3.8) is 0 Å². The van der Waals surface area contributed by atoms with Crippen molar-refractivity contribution < 1.29 is 4.74 Å². The number of aromatic nitrogens is 2. The summed E-state index contributed by atoms with van der Waals surface area (Å²) < 4.78 is 7.51. The predicted molar refractivity (Wildman–Crippen MR) is 84.3 cm³/mol. The highest BCUT2D eigenvalue weighted by molar-refractivity contribution is 6.31. The van der Waals surface area contributed by atoms with E-state index in [1.807, 2.05) is 4.68 Å². The van der Waals surface area contributed by atoms with Gasteiger partial charge in [0.05, 0.1) is 22.5 Å². The van der Waals surface area contributed by atoms with Crippen molar-refractivity contribution in [2.45, 2.75) is 66.2 Å². The average molecular weight is 302 g/mol. The van der Waals surface area contributed by atoms with E-state index >= 15 is 0 Å². The summed E-state index contributed by atoms with van der Waals surface area (Å²) >= 11 is 6.36. The lowest BCUT2D eigenvalue weighted by Gasteiger charge is -2.09. The summed E-state index contributed by atoms with van der Waals surface area (Å²) in [5.41, 5.74) is 2.10. The molecule has 0 radical (unpaired) electrons. The van der Waals surface area contributed by atoms with Crippen molar-refractivity contribution in [3.8, 4) is 0 Å². The molecular weight excluding hydrogens is 274 g/mol. The van der Waals surface area contributed by atoms with E-state index in [0.717, 1.165) is 61.9 Å². The largest absolute Gasteiger partial charge is 0.379 e. The number of halogens is 1. The number of aryl methyl sites for hydroxylation is 2. The summed E-state index contributed by atoms with van der Waals surface area (Å²) in [7, 11) is 0. The molecule has 0 saturated heterocycles. The van der Waals surface area contributed by atoms with Crippen LogP contribution in [0.15, 0.2) is 0 Å². The summed E-state index contributed by atoms with van der Waals surface area (Å²) in [6.45, 7) is 11.8. The summed E-state index contributed by atoms with van der Waals surface area (Å²) in [5.74, 6) is 0. The van der Waals surface area contributed by atoms with Gasteiger partial charge >= 0.3 is 0 Å². The molecule has 0 aliphatic heterocycles. The van der Waals surface area contributed by atoms with Gasteiger partial charge in [0, 0.05) is 19.7 Å². The first kappa shape index (κ1) is 17.5. The minimum Gasteiger partial charge on any atom is -0.379 e. The van der Waals surface area contributed by atoms with Gasteiger partial charge in [-0.3, -0.25) is 4.68 Å². The van der Waals surface area contributed by atoms with E-state index in [1.165, 1.54) is 0 Å². The summed E-state index contributed by atoms with van der Waals surface area (Å²) in [4.78, 5) is 0. The van der Waals surface area contributed by atoms with Gasteiger partial charge < -0.3 is 10.1 Å². The Labute approximate surface area is 127 Å². The molecule has 0 unspecified atom stereocenters. The highest BCUT2D eigenvalue weighted by Crippen LogP contribution is 2.21. The molecule has 0 aliphatic carbocycles. The normalized spacial score (nSPS) is 11.5. The van der Waals surface area contributed by atoms with Crippen LogP contribution in [0.2, 0.25) is 5.02 Å². The van der Waals surface area contributed by atoms with Crippen LogP contribution in [-0.4, -0.2) is 29.0 Å². The maximum Gasteiger partial charge on any atom is 0.0863 e. The van der Waals surface area contributed by atoms with Crippen molar-refractivity contribution in [2.75, 3.05) is 13.2 Å². The number of nitrogens with one attached hydrogen (secondary N) is 1. The first-order valence-electron chi connectivity index (χ1n) is 7.66. The highest BCUT2D eigenvalue weighted by Gasteiger charge is 2.13. The summed E-state index contributed by atoms with van der Waals surface area (Å²) in [6.07, 6.45) is 3.41. The topological polar surface area (TPSA) is 39.1 Å². The van der Waals surface area contributed by atoms with Gasteiger partial charge in [0.2, 0.25) is 0 Å². The molecule has 1 aromatic rings. The zero-order valence-electron chi connectivity index (χ0n) is 13.2. The first-order valence-corrected chi connectivity index (χ1v) is 8.04. The molecule has 116 valence electrons. The molecule has 0 bridgehead atoms. The molecule has 1 aromatic heterocycles. The number of rotatable bonds is 10. The lowest BCUT2D eigenvalue weighted by molar-refractivity contribution is 0.0760. The molecule has 1 rings (SSSR count). The van der Waals surface area contributed by atoms with Crippen LogP contribution < -0.4 is 5.32 Å². The minimum atomic E-state index is 0.327. The Morgan fingerprint density at radius 1 is 1.30 bits per heavy atom. The molecule has 4 nitrogen and oxygen atoms in total. The van der Waals surface area contributed by atoms with Gasteiger partial charge in [-0.1, -0.05) is 18.5 Å². The smallest absolute Gasteiger partial charge is 0.0863 e. The number of unbranched alkanes of at least 4 members (excludes halogenated alkanes) is 1. The van der Waals surface area contributed by atoms with Gasteiger partial charge in [-0.25, -0.2) is 0 Å². The number of hydrogen-bond donors (Lipinski definition) is 1. The molecule has 1 heterocycles. The van der Waals surface area contributed by atoms with E-state index in [0.29, 0.717) is 6.10 Å². The fraction of sp³-hybridized carbons (Fsp3) is 0.800. The van der Waals surface area contributed by atoms with E-state index in [1.54, 1.807) is 0 Å². The Kier molecular flexibility index (Phi) is 8.19. The van der Waals surface area contributed by atoms with Crippen molar-refractivity contribution >= 4 is 11.6 Å². The first-order chi connectivity index (χ1) is 9.60. The van der Waals surface area contributed by atoms with Crippen molar-refractivity contribution in [3.05, 3.63) is 16.4 Å². The zero-order chi connectivity index (χ0) is 15.0. The second-order valence-corrected chi connectivity index (χ2v) is 5.56. The standard InChI is InChI=1S/C15H28ClN3O/c1-5-13-15(16)14(19(6-2)18-13)11-17-9-7-8-10-20-12(3)4/h12,17H,5-11H2,1-4H3. The van der Waals surface area contributed by atoms with E-state index < -0.39 is 0 Å². The van der Waals surface area contributed by atoms with Crippen LogP contribution in [0.4, 0.5) is 0 Å². The van der Waals surface area contributed by atoms with E-state index in [9.17, 15) is 0 Å². The third-order valence-corrected chi connectivity index (χ3v) is 3.62. The monoisotopic (exact) mass is 301 g/mol. The van der Waals surface area contributed by atoms with Crippen LogP contribution in [0.5, 0.6) is 0 Å². The summed E-state index contributed by atoms with van der Waals surface area (Å²) in [5, 5.41) is 8.79. The maximum absolute atomic E-state index is 6.36. The van der Waals surface area contributed by atoms with Gasteiger partial charge in [0.25, 0.3) is 0 Å². The van der Waals surface area contributed by atoms with Crippen LogP contribution in [0.1, 0.15) is 51.9 Å². The summed E-state index contributed by atoms with van der Waals surface area (Å²) in [6, 6.07) is 0. The predicted octanol–water partition coefficient (Wildman–Crippen LogP) is 3.41. The van der Waals surface area contributed by atoms with Crippen LogP contribution in [0.3, 0.4) is 0 Å². The molecule has 0 aromatic carbocycles. The van der Waals surface area contributed by atoms with E-state index in [2.05, 4.69) is 38.1 Å². The van der Waals surface area contributed by atoms with Crippen LogP contribution >= 0.6 is 11.6 Å². The van der Waals surface area contributed by atoms with Gasteiger partial charge in [-0.05, 0) is 46.6 Å². The Hall–Kier alpha value is -0.580. The minimum absolute atomic E-state index is 0.327. The Bertz CT molecular complexity index is 391. The molecule has 0 spiro atoms. The molecular formula is C15H28ClN3O. The van der Waals surface area contributed by atoms with Crippen LogP contribution in [-0.2, 0) is 24.2 Å². The van der Waals surface area contributed by atoms with Crippen molar-refractivity contribution in [2.24, 2.45) is 0 Å². The van der Waals surface area contributed by atoms with Crippen LogP contribution in [0, 0.1) is 0 Å². The Balaban J connectivity index is 2.29. The van der Waals surface area contributed by atoms with Crippen LogP contribution in [0.25, 0.3) is 0 Å². The highest BCUT2D eigenvalue weighted by atomic mass is 35.5. The lowest BCUT2D eigenvalue weighted by Crippen LogP contribution is -2.18. The van der Waals surface area contributed by atoms with Crippen molar-refractivity contribution in [1.29, 1.82) is 0 Å². The third kappa shape index (κ3) is 5.43.